The Balaban J connectivity index is 1.71. The minimum atomic E-state index is 0.0704. The van der Waals surface area contributed by atoms with Crippen molar-refractivity contribution in [2.75, 3.05) is 39.3 Å². The van der Waals surface area contributed by atoms with Gasteiger partial charge in [0.1, 0.15) is 0 Å². The van der Waals surface area contributed by atoms with Crippen LogP contribution in [0.3, 0.4) is 0 Å². The van der Waals surface area contributed by atoms with E-state index in [1.54, 1.807) is 6.08 Å². The lowest BCUT2D eigenvalue weighted by atomic mass is 10.2. The van der Waals surface area contributed by atoms with E-state index in [-0.39, 0.29) is 5.91 Å². The lowest BCUT2D eigenvalue weighted by Gasteiger charge is -2.34. The van der Waals surface area contributed by atoms with Crippen LogP contribution in [0.25, 0.3) is 0 Å². The summed E-state index contributed by atoms with van der Waals surface area (Å²) in [6.45, 7) is 9.36. The van der Waals surface area contributed by atoms with Gasteiger partial charge in [-0.1, -0.05) is 29.8 Å². The molecular formula is C16H22ClN3O. The van der Waals surface area contributed by atoms with Crippen molar-refractivity contribution in [3.63, 3.8) is 0 Å². The van der Waals surface area contributed by atoms with Gasteiger partial charge in [-0.15, -0.1) is 6.58 Å². The summed E-state index contributed by atoms with van der Waals surface area (Å²) in [5.74, 6) is 0.0704. The first-order valence-corrected chi connectivity index (χ1v) is 7.62. The molecule has 0 radical (unpaired) electrons. The van der Waals surface area contributed by atoms with Gasteiger partial charge in [0, 0.05) is 44.3 Å². The molecule has 5 heteroatoms. The minimum Gasteiger partial charge on any atom is -0.352 e. The van der Waals surface area contributed by atoms with Gasteiger partial charge >= 0.3 is 0 Å². The molecular weight excluding hydrogens is 286 g/mol. The van der Waals surface area contributed by atoms with Crippen molar-refractivity contribution in [2.24, 2.45) is 0 Å². The lowest BCUT2D eigenvalue weighted by molar-refractivity contribution is -0.122. The summed E-state index contributed by atoms with van der Waals surface area (Å²) in [5.41, 5.74) is 1.27. The molecule has 2 rings (SSSR count). The summed E-state index contributed by atoms with van der Waals surface area (Å²) in [4.78, 5) is 16.2. The molecule has 0 atom stereocenters. The van der Waals surface area contributed by atoms with Crippen molar-refractivity contribution in [1.29, 1.82) is 0 Å². The maximum absolute atomic E-state index is 11.6. The smallest absolute Gasteiger partial charge is 0.234 e. The first-order valence-electron chi connectivity index (χ1n) is 7.24. The number of halogens is 1. The number of nitrogens with zero attached hydrogens (tertiary/aromatic N) is 2. The number of amides is 1. The van der Waals surface area contributed by atoms with Crippen LogP contribution >= 0.6 is 11.6 Å². The predicted octanol–water partition coefficient (Wildman–Crippen LogP) is 1.76. The normalized spacial score (nSPS) is 16.6. The van der Waals surface area contributed by atoms with Crippen LogP contribution in [0, 0.1) is 0 Å². The zero-order valence-corrected chi connectivity index (χ0v) is 13.0. The molecule has 0 spiro atoms. The molecule has 1 aliphatic rings. The number of nitrogens with one attached hydrogen (secondary N) is 1. The Bertz CT molecular complexity index is 467. The minimum absolute atomic E-state index is 0.0704. The maximum atomic E-state index is 11.6. The molecule has 0 saturated carbocycles. The lowest BCUT2D eigenvalue weighted by Crippen LogP contribution is -2.49. The molecule has 1 N–H and O–H groups in total. The number of rotatable bonds is 6. The molecule has 4 nitrogen and oxygen atoms in total. The van der Waals surface area contributed by atoms with E-state index in [1.165, 1.54) is 5.56 Å². The highest BCUT2D eigenvalue weighted by atomic mass is 35.5. The van der Waals surface area contributed by atoms with Crippen molar-refractivity contribution in [3.8, 4) is 0 Å². The van der Waals surface area contributed by atoms with Crippen LogP contribution in [0.15, 0.2) is 36.9 Å². The zero-order chi connectivity index (χ0) is 15.1. The van der Waals surface area contributed by atoms with Gasteiger partial charge in [0.25, 0.3) is 0 Å². The molecule has 1 aliphatic heterocycles. The van der Waals surface area contributed by atoms with Crippen LogP contribution in [-0.2, 0) is 11.3 Å². The number of carbonyl (C=O) groups excluding carboxylic acids is 1. The second-order valence-electron chi connectivity index (χ2n) is 5.27. The van der Waals surface area contributed by atoms with E-state index in [4.69, 9.17) is 11.6 Å². The summed E-state index contributed by atoms with van der Waals surface area (Å²) in [5, 5.41) is 3.58. The molecule has 1 aromatic carbocycles. The Hall–Kier alpha value is -1.36. The number of carbonyl (C=O) groups is 1. The Kier molecular flexibility index (Phi) is 6.23. The van der Waals surface area contributed by atoms with E-state index in [9.17, 15) is 4.79 Å². The number of hydrogen-bond acceptors (Lipinski definition) is 3. The number of hydrogen-bond donors (Lipinski definition) is 1. The van der Waals surface area contributed by atoms with Crippen molar-refractivity contribution in [1.82, 2.24) is 15.1 Å². The van der Waals surface area contributed by atoms with Gasteiger partial charge in [0.05, 0.1) is 6.54 Å². The molecule has 0 bridgehead atoms. The molecule has 1 fully saturated rings. The van der Waals surface area contributed by atoms with Crippen LogP contribution in [0.1, 0.15) is 5.56 Å². The summed E-state index contributed by atoms with van der Waals surface area (Å²) >= 11 is 5.89. The van der Waals surface area contributed by atoms with Gasteiger partial charge < -0.3 is 5.32 Å². The van der Waals surface area contributed by atoms with Crippen molar-refractivity contribution in [2.45, 2.75) is 6.54 Å². The number of piperazine rings is 1. The fourth-order valence-corrected chi connectivity index (χ4v) is 2.52. The van der Waals surface area contributed by atoms with Gasteiger partial charge in [-0.3, -0.25) is 14.6 Å². The van der Waals surface area contributed by atoms with Gasteiger partial charge in [-0.25, -0.2) is 0 Å². The molecule has 1 aromatic rings. The van der Waals surface area contributed by atoms with Crippen LogP contribution in [0.2, 0.25) is 5.02 Å². The monoisotopic (exact) mass is 307 g/mol. The summed E-state index contributed by atoms with van der Waals surface area (Å²) < 4.78 is 0. The van der Waals surface area contributed by atoms with Crippen LogP contribution < -0.4 is 5.32 Å². The molecule has 0 unspecified atom stereocenters. The summed E-state index contributed by atoms with van der Waals surface area (Å²) in [7, 11) is 0. The second-order valence-corrected chi connectivity index (χ2v) is 5.71. The largest absolute Gasteiger partial charge is 0.352 e. The third-order valence-electron chi connectivity index (χ3n) is 3.60. The Morgan fingerprint density at radius 3 is 2.43 bits per heavy atom. The van der Waals surface area contributed by atoms with E-state index in [0.29, 0.717) is 13.1 Å². The molecule has 1 heterocycles. The van der Waals surface area contributed by atoms with Crippen molar-refractivity contribution >= 4 is 17.5 Å². The Morgan fingerprint density at radius 1 is 1.19 bits per heavy atom. The third-order valence-corrected chi connectivity index (χ3v) is 3.85. The van der Waals surface area contributed by atoms with Crippen LogP contribution in [-0.4, -0.2) is 55.0 Å². The second kappa shape index (κ2) is 8.17. The van der Waals surface area contributed by atoms with E-state index < -0.39 is 0 Å². The van der Waals surface area contributed by atoms with Gasteiger partial charge in [0.15, 0.2) is 0 Å². The first kappa shape index (κ1) is 16.0. The highest BCUT2D eigenvalue weighted by molar-refractivity contribution is 6.30. The third kappa shape index (κ3) is 5.50. The van der Waals surface area contributed by atoms with E-state index >= 15 is 0 Å². The summed E-state index contributed by atoms with van der Waals surface area (Å²) in [6.07, 6.45) is 1.70. The van der Waals surface area contributed by atoms with E-state index in [1.807, 2.05) is 12.1 Å². The topological polar surface area (TPSA) is 35.6 Å². The molecule has 1 amide bonds. The average Bonchev–Trinajstić information content (AvgIpc) is 2.49. The molecule has 21 heavy (non-hydrogen) atoms. The first-order chi connectivity index (χ1) is 10.2. The standard InChI is InChI=1S/C16H22ClN3O/c1-2-7-18-16(21)13-20-10-8-19(9-11-20)12-14-3-5-15(17)6-4-14/h2-6H,1,7-13H2,(H,18,21). The fraction of sp³-hybridized carbons (Fsp3) is 0.438. The molecule has 0 aliphatic carbocycles. The van der Waals surface area contributed by atoms with Gasteiger partial charge in [-0.05, 0) is 17.7 Å². The van der Waals surface area contributed by atoms with Crippen LogP contribution in [0.5, 0.6) is 0 Å². The SMILES string of the molecule is C=CCNC(=O)CN1CCN(Cc2ccc(Cl)cc2)CC1. The fourth-order valence-electron chi connectivity index (χ4n) is 2.40. The van der Waals surface area contributed by atoms with Crippen molar-refractivity contribution < 1.29 is 4.79 Å². The molecule has 0 aromatic heterocycles. The average molecular weight is 308 g/mol. The Labute approximate surface area is 131 Å². The Morgan fingerprint density at radius 2 is 1.81 bits per heavy atom. The highest BCUT2D eigenvalue weighted by Crippen LogP contribution is 2.12. The quantitative estimate of drug-likeness (QED) is 0.814. The van der Waals surface area contributed by atoms with Gasteiger partial charge in [0.2, 0.25) is 5.91 Å². The van der Waals surface area contributed by atoms with Crippen LogP contribution in [0.4, 0.5) is 0 Å². The molecule has 114 valence electrons. The van der Waals surface area contributed by atoms with E-state index in [2.05, 4.69) is 33.8 Å². The number of benzene rings is 1. The van der Waals surface area contributed by atoms with Crippen molar-refractivity contribution in [3.05, 3.63) is 47.5 Å². The van der Waals surface area contributed by atoms with E-state index in [0.717, 1.165) is 37.7 Å². The zero-order valence-electron chi connectivity index (χ0n) is 12.2. The maximum Gasteiger partial charge on any atom is 0.234 e. The molecule has 1 saturated heterocycles. The van der Waals surface area contributed by atoms with Gasteiger partial charge in [-0.2, -0.15) is 0 Å². The summed E-state index contributed by atoms with van der Waals surface area (Å²) in [6, 6.07) is 7.99. The highest BCUT2D eigenvalue weighted by Gasteiger charge is 2.18. The predicted molar refractivity (Wildman–Crippen MR) is 86.4 cm³/mol.